The predicted molar refractivity (Wildman–Crippen MR) is 63.9 cm³/mol. The molecule has 3 unspecified atom stereocenters. The molecule has 0 radical (unpaired) electrons. The summed E-state index contributed by atoms with van der Waals surface area (Å²) in [5, 5.41) is 3.54. The van der Waals surface area contributed by atoms with Gasteiger partial charge >= 0.3 is 0 Å². The molecule has 2 aliphatic rings. The molecule has 2 aliphatic heterocycles. The van der Waals surface area contributed by atoms with Crippen LogP contribution in [-0.4, -0.2) is 48.1 Å². The maximum absolute atomic E-state index is 3.54. The summed E-state index contributed by atoms with van der Waals surface area (Å²) in [6.07, 6.45) is 1.33. The van der Waals surface area contributed by atoms with Crippen LogP contribution in [0.3, 0.4) is 0 Å². The van der Waals surface area contributed by atoms with Gasteiger partial charge < -0.3 is 5.32 Å². The summed E-state index contributed by atoms with van der Waals surface area (Å²) in [5.41, 5.74) is 0. The number of hydrogen-bond acceptors (Lipinski definition) is 3. The summed E-state index contributed by atoms with van der Waals surface area (Å²) in [6.45, 7) is 8.46. The third kappa shape index (κ3) is 2.10. The molecule has 3 atom stereocenters. The fraction of sp³-hybridized carbons (Fsp3) is 1.00. The zero-order valence-corrected chi connectivity index (χ0v) is 10.1. The highest BCUT2D eigenvalue weighted by Crippen LogP contribution is 2.25. The van der Waals surface area contributed by atoms with Crippen LogP contribution < -0.4 is 5.32 Å². The van der Waals surface area contributed by atoms with Crippen molar-refractivity contribution >= 4 is 11.8 Å². The Kier molecular flexibility index (Phi) is 3.74. The lowest BCUT2D eigenvalue weighted by Gasteiger charge is -2.39. The van der Waals surface area contributed by atoms with Crippen LogP contribution in [0.1, 0.15) is 20.3 Å². The van der Waals surface area contributed by atoms with E-state index < -0.39 is 0 Å². The van der Waals surface area contributed by atoms with Crippen molar-refractivity contribution in [3.05, 3.63) is 0 Å². The first-order chi connectivity index (χ1) is 6.83. The van der Waals surface area contributed by atoms with Crippen LogP contribution in [0.25, 0.3) is 0 Å². The molecule has 2 fully saturated rings. The van der Waals surface area contributed by atoms with Crippen LogP contribution in [0.5, 0.6) is 0 Å². The molecule has 3 heteroatoms. The standard InChI is InChI=1S/C11H22N2S/c1-3-10-6-12-7-11(10)13-4-5-14-8-9(13)2/h9-12H,3-8H2,1-2H3. The summed E-state index contributed by atoms with van der Waals surface area (Å²) in [4.78, 5) is 2.74. The van der Waals surface area contributed by atoms with E-state index in [1.54, 1.807) is 0 Å². The number of hydrogen-bond donors (Lipinski definition) is 1. The first kappa shape index (κ1) is 10.8. The molecule has 0 amide bonds. The number of thioether (sulfide) groups is 1. The molecule has 2 heterocycles. The Balaban J connectivity index is 1.97. The van der Waals surface area contributed by atoms with Gasteiger partial charge in [0, 0.05) is 36.7 Å². The second-order valence-electron chi connectivity index (χ2n) is 4.56. The van der Waals surface area contributed by atoms with Crippen molar-refractivity contribution in [3.8, 4) is 0 Å². The molecule has 2 saturated heterocycles. The Bertz CT molecular complexity index is 186. The van der Waals surface area contributed by atoms with E-state index in [4.69, 9.17) is 0 Å². The number of nitrogens with one attached hydrogen (secondary N) is 1. The molecule has 0 spiro atoms. The molecular formula is C11H22N2S. The van der Waals surface area contributed by atoms with Crippen LogP contribution in [0.2, 0.25) is 0 Å². The van der Waals surface area contributed by atoms with Crippen LogP contribution in [-0.2, 0) is 0 Å². The fourth-order valence-electron chi connectivity index (χ4n) is 2.76. The largest absolute Gasteiger partial charge is 0.315 e. The highest BCUT2D eigenvalue weighted by molar-refractivity contribution is 7.99. The van der Waals surface area contributed by atoms with E-state index in [9.17, 15) is 0 Å². The van der Waals surface area contributed by atoms with Crippen molar-refractivity contribution < 1.29 is 0 Å². The first-order valence-corrected chi connectivity index (χ1v) is 7.02. The van der Waals surface area contributed by atoms with Crippen molar-refractivity contribution in [3.63, 3.8) is 0 Å². The van der Waals surface area contributed by atoms with E-state index in [0.29, 0.717) is 0 Å². The Morgan fingerprint density at radius 3 is 3.00 bits per heavy atom. The van der Waals surface area contributed by atoms with Gasteiger partial charge in [0.05, 0.1) is 0 Å². The van der Waals surface area contributed by atoms with Gasteiger partial charge in [-0.15, -0.1) is 0 Å². The first-order valence-electron chi connectivity index (χ1n) is 5.87. The smallest absolute Gasteiger partial charge is 0.0264 e. The molecule has 0 bridgehead atoms. The Labute approximate surface area is 91.8 Å². The van der Waals surface area contributed by atoms with Crippen molar-refractivity contribution in [2.45, 2.75) is 32.4 Å². The lowest BCUT2D eigenvalue weighted by Crippen LogP contribution is -2.50. The van der Waals surface area contributed by atoms with Crippen molar-refractivity contribution in [1.82, 2.24) is 10.2 Å². The normalized spacial score (nSPS) is 40.3. The van der Waals surface area contributed by atoms with Gasteiger partial charge in [0.15, 0.2) is 0 Å². The van der Waals surface area contributed by atoms with E-state index in [0.717, 1.165) is 18.0 Å². The zero-order valence-electron chi connectivity index (χ0n) is 9.33. The monoisotopic (exact) mass is 214 g/mol. The van der Waals surface area contributed by atoms with E-state index in [-0.39, 0.29) is 0 Å². The minimum atomic E-state index is 0.785. The van der Waals surface area contributed by atoms with Crippen LogP contribution in [0.4, 0.5) is 0 Å². The minimum absolute atomic E-state index is 0.785. The van der Waals surface area contributed by atoms with Crippen LogP contribution in [0, 0.1) is 5.92 Å². The van der Waals surface area contributed by atoms with Gasteiger partial charge in [0.1, 0.15) is 0 Å². The summed E-state index contributed by atoms with van der Waals surface area (Å²) in [7, 11) is 0. The maximum atomic E-state index is 3.54. The van der Waals surface area contributed by atoms with Gasteiger partial charge in [-0.2, -0.15) is 11.8 Å². The van der Waals surface area contributed by atoms with Crippen LogP contribution in [0.15, 0.2) is 0 Å². The second kappa shape index (κ2) is 4.86. The average Bonchev–Trinajstić information content (AvgIpc) is 2.66. The van der Waals surface area contributed by atoms with Crippen LogP contribution >= 0.6 is 11.8 Å². The van der Waals surface area contributed by atoms with Gasteiger partial charge in [-0.05, 0) is 19.4 Å². The van der Waals surface area contributed by atoms with Gasteiger partial charge in [-0.1, -0.05) is 13.3 Å². The van der Waals surface area contributed by atoms with Gasteiger partial charge in [-0.3, -0.25) is 4.90 Å². The Hall–Kier alpha value is 0.270. The van der Waals surface area contributed by atoms with Gasteiger partial charge in [-0.25, -0.2) is 0 Å². The number of nitrogens with zero attached hydrogens (tertiary/aromatic N) is 1. The molecule has 0 saturated carbocycles. The second-order valence-corrected chi connectivity index (χ2v) is 5.71. The molecule has 2 rings (SSSR count). The lowest BCUT2D eigenvalue weighted by atomic mass is 9.98. The molecule has 2 nitrogen and oxygen atoms in total. The molecule has 0 aromatic rings. The van der Waals surface area contributed by atoms with E-state index in [2.05, 4.69) is 35.8 Å². The zero-order chi connectivity index (χ0) is 9.97. The SMILES string of the molecule is CCC1CNCC1N1CCSCC1C. The highest BCUT2D eigenvalue weighted by Gasteiger charge is 2.34. The molecule has 0 aromatic heterocycles. The third-order valence-corrected chi connectivity index (χ3v) is 4.86. The Morgan fingerprint density at radius 1 is 1.43 bits per heavy atom. The average molecular weight is 214 g/mol. The molecule has 82 valence electrons. The van der Waals surface area contributed by atoms with E-state index >= 15 is 0 Å². The Morgan fingerprint density at radius 2 is 2.29 bits per heavy atom. The highest BCUT2D eigenvalue weighted by atomic mass is 32.2. The molecule has 1 N–H and O–H groups in total. The summed E-state index contributed by atoms with van der Waals surface area (Å²) in [5.74, 6) is 3.55. The van der Waals surface area contributed by atoms with E-state index in [1.165, 1.54) is 37.6 Å². The van der Waals surface area contributed by atoms with Gasteiger partial charge in [0.2, 0.25) is 0 Å². The van der Waals surface area contributed by atoms with Crippen molar-refractivity contribution in [2.24, 2.45) is 5.92 Å². The summed E-state index contributed by atoms with van der Waals surface area (Å²) >= 11 is 2.11. The topological polar surface area (TPSA) is 15.3 Å². The van der Waals surface area contributed by atoms with Crippen molar-refractivity contribution in [2.75, 3.05) is 31.1 Å². The van der Waals surface area contributed by atoms with Crippen molar-refractivity contribution in [1.29, 1.82) is 0 Å². The van der Waals surface area contributed by atoms with E-state index in [1.807, 2.05) is 0 Å². The quantitative estimate of drug-likeness (QED) is 0.748. The lowest BCUT2D eigenvalue weighted by molar-refractivity contribution is 0.138. The summed E-state index contributed by atoms with van der Waals surface area (Å²) in [6, 6.07) is 1.60. The minimum Gasteiger partial charge on any atom is -0.315 e. The fourth-order valence-corrected chi connectivity index (χ4v) is 3.80. The molecular weight excluding hydrogens is 192 g/mol. The molecule has 14 heavy (non-hydrogen) atoms. The van der Waals surface area contributed by atoms with Gasteiger partial charge in [0.25, 0.3) is 0 Å². The predicted octanol–water partition coefficient (Wildman–Crippen LogP) is 1.42. The summed E-state index contributed by atoms with van der Waals surface area (Å²) < 4.78 is 0. The molecule has 0 aliphatic carbocycles. The maximum Gasteiger partial charge on any atom is 0.0264 e. The third-order valence-electron chi connectivity index (χ3n) is 3.67. The molecule has 0 aromatic carbocycles. The number of rotatable bonds is 2.